The topological polar surface area (TPSA) is 65.2 Å². The fraction of sp³-hybridized carbons (Fsp3) is 0.100. The standard InChI is InChI=1S/C20H18N2O2/c1-13-8-10-17(23)16(12-13)21-22-20-18(24)11-9-14(2)19(20)15-6-4-3-5-7-15/h3-12,23-24H,1-2H3. The van der Waals surface area contributed by atoms with Crippen molar-refractivity contribution in [2.45, 2.75) is 13.8 Å². The molecule has 4 heteroatoms. The van der Waals surface area contributed by atoms with Gasteiger partial charge in [0.1, 0.15) is 22.9 Å². The normalized spacial score (nSPS) is 11.1. The summed E-state index contributed by atoms with van der Waals surface area (Å²) in [6.07, 6.45) is 0. The summed E-state index contributed by atoms with van der Waals surface area (Å²) in [5.41, 5.74) is 4.50. The summed E-state index contributed by atoms with van der Waals surface area (Å²) in [5.74, 6) is 0.105. The van der Waals surface area contributed by atoms with Crippen molar-refractivity contribution in [2.24, 2.45) is 10.2 Å². The Balaban J connectivity index is 2.13. The maximum atomic E-state index is 10.3. The van der Waals surface area contributed by atoms with Crippen LogP contribution < -0.4 is 0 Å². The summed E-state index contributed by atoms with van der Waals surface area (Å²) < 4.78 is 0. The van der Waals surface area contributed by atoms with Crippen molar-refractivity contribution < 1.29 is 10.2 Å². The second-order valence-corrected chi connectivity index (χ2v) is 5.68. The van der Waals surface area contributed by atoms with Gasteiger partial charge < -0.3 is 10.2 Å². The Morgan fingerprint density at radius 3 is 2.21 bits per heavy atom. The molecule has 24 heavy (non-hydrogen) atoms. The van der Waals surface area contributed by atoms with Crippen LogP contribution in [-0.4, -0.2) is 10.2 Å². The van der Waals surface area contributed by atoms with Gasteiger partial charge in [0, 0.05) is 5.56 Å². The van der Waals surface area contributed by atoms with Crippen molar-refractivity contribution in [3.63, 3.8) is 0 Å². The zero-order valence-corrected chi connectivity index (χ0v) is 13.6. The van der Waals surface area contributed by atoms with Gasteiger partial charge in [0.2, 0.25) is 0 Å². The SMILES string of the molecule is Cc1ccc(O)c(N=Nc2c(O)ccc(C)c2-c2ccccc2)c1. The number of rotatable bonds is 3. The smallest absolute Gasteiger partial charge is 0.143 e. The largest absolute Gasteiger partial charge is 0.506 e. The van der Waals surface area contributed by atoms with Gasteiger partial charge in [-0.25, -0.2) is 0 Å². The molecule has 2 N–H and O–H groups in total. The van der Waals surface area contributed by atoms with Crippen LogP contribution >= 0.6 is 0 Å². The highest BCUT2D eigenvalue weighted by Crippen LogP contribution is 2.41. The van der Waals surface area contributed by atoms with Gasteiger partial charge in [0.05, 0.1) is 0 Å². The van der Waals surface area contributed by atoms with Crippen LogP contribution in [0.1, 0.15) is 11.1 Å². The van der Waals surface area contributed by atoms with Crippen molar-refractivity contribution in [1.82, 2.24) is 0 Å². The van der Waals surface area contributed by atoms with Crippen molar-refractivity contribution >= 4 is 11.4 Å². The summed E-state index contributed by atoms with van der Waals surface area (Å²) in [7, 11) is 0. The van der Waals surface area contributed by atoms with Crippen LogP contribution in [0.25, 0.3) is 11.1 Å². The lowest BCUT2D eigenvalue weighted by Crippen LogP contribution is -1.85. The first-order valence-corrected chi connectivity index (χ1v) is 7.65. The summed E-state index contributed by atoms with van der Waals surface area (Å²) in [5, 5.41) is 28.5. The molecular formula is C20H18N2O2. The van der Waals surface area contributed by atoms with Crippen LogP contribution in [0, 0.1) is 13.8 Å². The average molecular weight is 318 g/mol. The molecule has 3 rings (SSSR count). The molecule has 0 bridgehead atoms. The van der Waals surface area contributed by atoms with Crippen LogP contribution in [0.3, 0.4) is 0 Å². The maximum absolute atomic E-state index is 10.3. The highest BCUT2D eigenvalue weighted by atomic mass is 16.3. The number of azo groups is 1. The summed E-state index contributed by atoms with van der Waals surface area (Å²) in [6.45, 7) is 3.88. The zero-order chi connectivity index (χ0) is 17.1. The molecule has 0 saturated carbocycles. The lowest BCUT2D eigenvalue weighted by atomic mass is 9.98. The van der Waals surface area contributed by atoms with Gasteiger partial charge in [-0.3, -0.25) is 0 Å². The van der Waals surface area contributed by atoms with Crippen LogP contribution in [0.15, 0.2) is 70.9 Å². The Morgan fingerprint density at radius 2 is 1.46 bits per heavy atom. The Hall–Kier alpha value is -3.14. The van der Waals surface area contributed by atoms with Gasteiger partial charge in [0.15, 0.2) is 0 Å². The van der Waals surface area contributed by atoms with Gasteiger partial charge in [-0.05, 0) is 48.7 Å². The molecule has 4 nitrogen and oxygen atoms in total. The van der Waals surface area contributed by atoms with Crippen molar-refractivity contribution in [1.29, 1.82) is 0 Å². The van der Waals surface area contributed by atoms with E-state index in [0.717, 1.165) is 22.3 Å². The van der Waals surface area contributed by atoms with E-state index in [9.17, 15) is 10.2 Å². The number of phenolic OH excluding ortho intramolecular Hbond substituents is 2. The number of aromatic hydroxyl groups is 2. The number of nitrogens with zero attached hydrogens (tertiary/aromatic N) is 2. The van der Waals surface area contributed by atoms with Crippen molar-refractivity contribution in [3.8, 4) is 22.6 Å². The first kappa shape index (κ1) is 15.7. The molecule has 0 unspecified atom stereocenters. The Kier molecular flexibility index (Phi) is 4.29. The monoisotopic (exact) mass is 318 g/mol. The van der Waals surface area contributed by atoms with Crippen LogP contribution in [-0.2, 0) is 0 Å². The molecule has 120 valence electrons. The summed E-state index contributed by atoms with van der Waals surface area (Å²) in [6, 6.07) is 18.3. The molecule has 0 radical (unpaired) electrons. The lowest BCUT2D eigenvalue weighted by molar-refractivity contribution is 0.474. The van der Waals surface area contributed by atoms with Crippen LogP contribution in [0.5, 0.6) is 11.5 Å². The van der Waals surface area contributed by atoms with E-state index in [1.165, 1.54) is 0 Å². The van der Waals surface area contributed by atoms with Crippen LogP contribution in [0.4, 0.5) is 11.4 Å². The molecule has 0 aliphatic heterocycles. The molecule has 0 heterocycles. The molecule has 0 aliphatic rings. The first-order chi connectivity index (χ1) is 11.6. The predicted octanol–water partition coefficient (Wildman–Crippen LogP) is 5.80. The lowest BCUT2D eigenvalue weighted by Gasteiger charge is -2.11. The van der Waals surface area contributed by atoms with E-state index in [0.29, 0.717) is 11.4 Å². The minimum absolute atomic E-state index is 0.0512. The third-order valence-corrected chi connectivity index (χ3v) is 3.82. The molecule has 0 aromatic heterocycles. The Morgan fingerprint density at radius 1 is 0.750 bits per heavy atom. The molecule has 0 saturated heterocycles. The molecule has 3 aromatic rings. The van der Waals surface area contributed by atoms with E-state index in [4.69, 9.17) is 0 Å². The molecule has 0 fully saturated rings. The van der Waals surface area contributed by atoms with Crippen molar-refractivity contribution in [2.75, 3.05) is 0 Å². The molecular weight excluding hydrogens is 300 g/mol. The van der Waals surface area contributed by atoms with Crippen molar-refractivity contribution in [3.05, 3.63) is 71.8 Å². The fourth-order valence-electron chi connectivity index (χ4n) is 2.57. The van der Waals surface area contributed by atoms with Gasteiger partial charge in [-0.15, -0.1) is 10.2 Å². The second kappa shape index (κ2) is 6.54. The van der Waals surface area contributed by atoms with E-state index < -0.39 is 0 Å². The third kappa shape index (κ3) is 3.13. The number of benzene rings is 3. The highest BCUT2D eigenvalue weighted by Gasteiger charge is 2.13. The molecule has 0 aliphatic carbocycles. The van der Waals surface area contributed by atoms with E-state index >= 15 is 0 Å². The molecule has 3 aromatic carbocycles. The van der Waals surface area contributed by atoms with Gasteiger partial charge >= 0.3 is 0 Å². The maximum Gasteiger partial charge on any atom is 0.143 e. The minimum atomic E-state index is 0.0512. The van der Waals surface area contributed by atoms with E-state index in [-0.39, 0.29) is 11.5 Å². The third-order valence-electron chi connectivity index (χ3n) is 3.82. The molecule has 0 atom stereocenters. The van der Waals surface area contributed by atoms with E-state index in [2.05, 4.69) is 10.2 Å². The zero-order valence-electron chi connectivity index (χ0n) is 13.6. The number of aryl methyl sites for hydroxylation is 2. The Labute approximate surface area is 140 Å². The van der Waals surface area contributed by atoms with E-state index in [1.807, 2.05) is 50.2 Å². The predicted molar refractivity (Wildman–Crippen MR) is 95.3 cm³/mol. The number of hydrogen-bond donors (Lipinski definition) is 2. The summed E-state index contributed by atoms with van der Waals surface area (Å²) in [4.78, 5) is 0. The fourth-order valence-corrected chi connectivity index (χ4v) is 2.57. The minimum Gasteiger partial charge on any atom is -0.506 e. The number of phenols is 2. The number of hydrogen-bond acceptors (Lipinski definition) is 4. The van der Waals surface area contributed by atoms with Gasteiger partial charge in [-0.1, -0.05) is 42.5 Å². The summed E-state index contributed by atoms with van der Waals surface area (Å²) >= 11 is 0. The van der Waals surface area contributed by atoms with Gasteiger partial charge in [-0.2, -0.15) is 0 Å². The second-order valence-electron chi connectivity index (χ2n) is 5.68. The quantitative estimate of drug-likeness (QED) is 0.600. The van der Waals surface area contributed by atoms with E-state index in [1.54, 1.807) is 24.3 Å². The molecule has 0 amide bonds. The Bertz CT molecular complexity index is 903. The van der Waals surface area contributed by atoms with Crippen LogP contribution in [0.2, 0.25) is 0 Å². The molecule has 0 spiro atoms. The highest BCUT2D eigenvalue weighted by molar-refractivity contribution is 5.82. The first-order valence-electron chi connectivity index (χ1n) is 7.65. The average Bonchev–Trinajstić information content (AvgIpc) is 2.59. The van der Waals surface area contributed by atoms with Gasteiger partial charge in [0.25, 0.3) is 0 Å².